The van der Waals surface area contributed by atoms with Crippen LogP contribution in [0.3, 0.4) is 0 Å². The highest BCUT2D eigenvalue weighted by Crippen LogP contribution is 2.36. The topological polar surface area (TPSA) is 92.0 Å². The molecule has 1 unspecified atom stereocenters. The molecule has 0 saturated carbocycles. The second-order valence-corrected chi connectivity index (χ2v) is 12.8. The maximum atomic E-state index is 10.9. The van der Waals surface area contributed by atoms with Gasteiger partial charge in [0.25, 0.3) is 0 Å². The number of ether oxygens (including phenoxy) is 2. The summed E-state index contributed by atoms with van der Waals surface area (Å²) in [6, 6.07) is 1.94. The van der Waals surface area contributed by atoms with E-state index in [4.69, 9.17) is 24.3 Å². The lowest BCUT2D eigenvalue weighted by atomic mass is 10.0. The average molecular weight is 399 g/mol. The number of likely N-dealkylation sites (N-methyl/N-ethyl adjacent to an activating group) is 1. The van der Waals surface area contributed by atoms with E-state index in [0.717, 1.165) is 0 Å². The van der Waals surface area contributed by atoms with Crippen LogP contribution in [0.15, 0.2) is 0 Å². The van der Waals surface area contributed by atoms with Crippen molar-refractivity contribution in [3.05, 3.63) is 0 Å². The third-order valence-electron chi connectivity index (χ3n) is 4.89. The van der Waals surface area contributed by atoms with Crippen molar-refractivity contribution in [3.63, 3.8) is 0 Å². The molecule has 0 spiro atoms. The van der Waals surface area contributed by atoms with Crippen LogP contribution < -0.4 is 0 Å². The molecule has 27 heavy (non-hydrogen) atoms. The van der Waals surface area contributed by atoms with Gasteiger partial charge in [-0.05, 0) is 25.2 Å². The molecule has 0 fully saturated rings. The summed E-state index contributed by atoms with van der Waals surface area (Å²) >= 11 is 0. The van der Waals surface area contributed by atoms with E-state index in [9.17, 15) is 4.79 Å². The second kappa shape index (κ2) is 12.1. The summed E-state index contributed by atoms with van der Waals surface area (Å²) in [4.78, 5) is 12.9. The number of aliphatic carboxylic acids is 1. The van der Waals surface area contributed by atoms with Crippen molar-refractivity contribution in [2.45, 2.75) is 51.4 Å². The molecule has 0 aliphatic heterocycles. The predicted octanol–water partition coefficient (Wildman–Crippen LogP) is 2.55. The summed E-state index contributed by atoms with van der Waals surface area (Å²) in [7, 11) is 1.42. The molecular formula is C19H34N2O5Si. The monoisotopic (exact) mass is 398 g/mol. The molecule has 0 amide bonds. The number of rotatable bonds is 11. The van der Waals surface area contributed by atoms with E-state index in [1.165, 1.54) is 7.11 Å². The van der Waals surface area contributed by atoms with E-state index in [0.29, 0.717) is 19.6 Å². The summed E-state index contributed by atoms with van der Waals surface area (Å²) in [6.07, 6.45) is 0.366. The van der Waals surface area contributed by atoms with E-state index >= 15 is 0 Å². The lowest BCUT2D eigenvalue weighted by Crippen LogP contribution is -2.48. The number of carboxylic acids is 1. The predicted molar refractivity (Wildman–Crippen MR) is 107 cm³/mol. The number of hydrogen-bond donors (Lipinski definition) is 1. The van der Waals surface area contributed by atoms with Crippen molar-refractivity contribution >= 4 is 14.3 Å². The lowest BCUT2D eigenvalue weighted by Gasteiger charge is -2.39. The molecule has 0 aliphatic carbocycles. The zero-order valence-corrected chi connectivity index (χ0v) is 18.7. The summed E-state index contributed by atoms with van der Waals surface area (Å²) in [6.45, 7) is 12.1. The molecule has 2 atom stereocenters. The Kier molecular flexibility index (Phi) is 11.5. The Bertz CT molecular complexity index is 557. The van der Waals surface area contributed by atoms with Crippen molar-refractivity contribution in [3.8, 4) is 17.9 Å². The van der Waals surface area contributed by atoms with Gasteiger partial charge in [-0.2, -0.15) is 5.26 Å². The van der Waals surface area contributed by atoms with Gasteiger partial charge in [-0.3, -0.25) is 4.90 Å². The number of hydrogen-bond acceptors (Lipinski definition) is 6. The molecule has 7 nitrogen and oxygen atoms in total. The molecule has 0 saturated heterocycles. The average Bonchev–Trinajstić information content (AvgIpc) is 2.56. The Morgan fingerprint density at radius 1 is 1.30 bits per heavy atom. The van der Waals surface area contributed by atoms with Gasteiger partial charge in [-0.15, -0.1) is 0 Å². The van der Waals surface area contributed by atoms with E-state index in [1.807, 2.05) is 11.9 Å². The highest BCUT2D eigenvalue weighted by Gasteiger charge is 2.38. The largest absolute Gasteiger partial charge is 0.472 e. The number of carboxylic acid groups (broad SMARTS) is 1. The molecule has 1 N–H and O–H groups in total. The van der Waals surface area contributed by atoms with E-state index < -0.39 is 14.3 Å². The van der Waals surface area contributed by atoms with Crippen LogP contribution in [-0.2, 0) is 18.7 Å². The molecule has 0 aromatic carbocycles. The maximum absolute atomic E-state index is 10.9. The van der Waals surface area contributed by atoms with Crippen LogP contribution in [0.25, 0.3) is 0 Å². The van der Waals surface area contributed by atoms with Crippen LogP contribution in [0, 0.1) is 29.1 Å². The normalized spacial score (nSPS) is 14.2. The van der Waals surface area contributed by atoms with Gasteiger partial charge in [0.2, 0.25) is 0 Å². The summed E-state index contributed by atoms with van der Waals surface area (Å²) < 4.78 is 16.7. The molecular weight excluding hydrogens is 364 g/mol. The Morgan fingerprint density at radius 3 is 2.41 bits per heavy atom. The van der Waals surface area contributed by atoms with Gasteiger partial charge >= 0.3 is 5.97 Å². The summed E-state index contributed by atoms with van der Waals surface area (Å²) in [5, 5.41) is 17.9. The Balaban J connectivity index is 5.50. The highest BCUT2D eigenvalue weighted by atomic mass is 28.4. The van der Waals surface area contributed by atoms with Gasteiger partial charge in [0.15, 0.2) is 8.32 Å². The van der Waals surface area contributed by atoms with E-state index in [1.54, 1.807) is 0 Å². The number of methoxy groups -OCH3 is 1. The van der Waals surface area contributed by atoms with Gasteiger partial charge in [0, 0.05) is 32.0 Å². The Labute approximate surface area is 164 Å². The smallest absolute Gasteiger partial charge is 0.381 e. The zero-order valence-electron chi connectivity index (χ0n) is 17.7. The van der Waals surface area contributed by atoms with Crippen LogP contribution in [0.2, 0.25) is 18.1 Å². The van der Waals surface area contributed by atoms with Crippen LogP contribution >= 0.6 is 0 Å². The van der Waals surface area contributed by atoms with Crippen LogP contribution in [-0.4, -0.2) is 71.0 Å². The van der Waals surface area contributed by atoms with Gasteiger partial charge in [0.1, 0.15) is 6.79 Å². The molecule has 8 heteroatoms. The Hall–Kier alpha value is -1.42. The molecule has 0 aromatic heterocycles. The van der Waals surface area contributed by atoms with Gasteiger partial charge < -0.3 is 19.0 Å². The van der Waals surface area contributed by atoms with Crippen LogP contribution in [0.5, 0.6) is 0 Å². The van der Waals surface area contributed by atoms with E-state index in [-0.39, 0.29) is 30.4 Å². The SMILES string of the molecule is COCOCC(C#CC(=O)O)[C@H](CO[Si](C)(C)C(C)(C)C)N(C)CCC#N. The minimum atomic E-state index is -2.00. The quantitative estimate of drug-likeness (QED) is 0.247. The lowest BCUT2D eigenvalue weighted by molar-refractivity contribution is -0.130. The van der Waals surface area contributed by atoms with E-state index in [2.05, 4.69) is 51.8 Å². The summed E-state index contributed by atoms with van der Waals surface area (Å²) in [5.74, 6) is 3.42. The van der Waals surface area contributed by atoms with Crippen LogP contribution in [0.4, 0.5) is 0 Å². The van der Waals surface area contributed by atoms with Crippen molar-refractivity contribution in [2.24, 2.45) is 5.92 Å². The third-order valence-corrected chi connectivity index (χ3v) is 9.39. The van der Waals surface area contributed by atoms with Crippen molar-refractivity contribution in [2.75, 3.05) is 40.7 Å². The molecule has 0 heterocycles. The zero-order chi connectivity index (χ0) is 21.1. The van der Waals surface area contributed by atoms with Gasteiger partial charge in [0.05, 0.1) is 25.2 Å². The first-order valence-corrected chi connectivity index (χ1v) is 11.9. The summed E-state index contributed by atoms with van der Waals surface area (Å²) in [5.41, 5.74) is 0. The highest BCUT2D eigenvalue weighted by molar-refractivity contribution is 6.74. The fourth-order valence-corrected chi connectivity index (χ4v) is 3.14. The number of nitriles is 1. The fourth-order valence-electron chi connectivity index (χ4n) is 2.11. The van der Waals surface area contributed by atoms with Crippen molar-refractivity contribution in [1.29, 1.82) is 5.26 Å². The minimum absolute atomic E-state index is 0.0531. The van der Waals surface area contributed by atoms with Crippen LogP contribution in [0.1, 0.15) is 27.2 Å². The van der Waals surface area contributed by atoms with Crippen molar-refractivity contribution < 1.29 is 23.8 Å². The van der Waals surface area contributed by atoms with Crippen molar-refractivity contribution in [1.82, 2.24) is 4.90 Å². The minimum Gasteiger partial charge on any atom is -0.472 e. The van der Waals surface area contributed by atoms with Gasteiger partial charge in [-0.1, -0.05) is 26.7 Å². The third kappa shape index (κ3) is 9.90. The molecule has 154 valence electrons. The van der Waals surface area contributed by atoms with Gasteiger partial charge in [-0.25, -0.2) is 4.79 Å². The molecule has 0 aromatic rings. The maximum Gasteiger partial charge on any atom is 0.381 e. The fraction of sp³-hybridized carbons (Fsp3) is 0.789. The number of carbonyl (C=O) groups is 1. The number of nitrogens with zero attached hydrogens (tertiary/aromatic N) is 2. The first-order chi connectivity index (χ1) is 12.5. The molecule has 0 rings (SSSR count). The Morgan fingerprint density at radius 2 is 1.93 bits per heavy atom. The molecule has 0 bridgehead atoms. The molecule has 0 radical (unpaired) electrons. The second-order valence-electron chi connectivity index (χ2n) is 7.99. The molecule has 0 aliphatic rings. The standard InChI is InChI=1S/C19H34N2O5Si/c1-19(2,3)27(6,7)26-14-17(21(4)12-8-11-20)16(9-10-18(22)23)13-25-15-24-5/h16-17H,8,12-15H2,1-7H3,(H,22,23)/t16?,17-/m0/s1. The first-order valence-electron chi connectivity index (χ1n) is 8.98. The first kappa shape index (κ1) is 25.6.